The van der Waals surface area contributed by atoms with Crippen LogP contribution in [0.4, 0.5) is 0 Å². The van der Waals surface area contributed by atoms with Crippen molar-refractivity contribution < 1.29 is 9.53 Å². The Morgan fingerprint density at radius 3 is 3.06 bits per heavy atom. The maximum absolute atomic E-state index is 11.6. The zero-order valence-corrected chi connectivity index (χ0v) is 10.8. The van der Waals surface area contributed by atoms with Crippen molar-refractivity contribution in [2.75, 3.05) is 19.7 Å². The molecule has 0 aromatic carbocycles. The zero-order chi connectivity index (χ0) is 12.5. The highest BCUT2D eigenvalue weighted by molar-refractivity contribution is 5.87. The molecule has 5 heteroatoms. The van der Waals surface area contributed by atoms with E-state index in [0.717, 1.165) is 31.2 Å². The molecular weight excluding hydrogens is 230 g/mol. The first-order valence-corrected chi connectivity index (χ1v) is 6.72. The Labute approximate surface area is 107 Å². The fourth-order valence-electron chi connectivity index (χ4n) is 2.45. The molecule has 0 saturated heterocycles. The van der Waals surface area contributed by atoms with E-state index in [1.54, 1.807) is 0 Å². The van der Waals surface area contributed by atoms with Crippen molar-refractivity contribution in [3.63, 3.8) is 0 Å². The first-order chi connectivity index (χ1) is 8.76. The van der Waals surface area contributed by atoms with Crippen molar-refractivity contribution in [1.29, 1.82) is 0 Å². The topological polar surface area (TPSA) is 47.4 Å². The van der Waals surface area contributed by atoms with Gasteiger partial charge < -0.3 is 4.74 Å². The van der Waals surface area contributed by atoms with E-state index < -0.39 is 0 Å². The average Bonchev–Trinajstić information content (AvgIpc) is 3.06. The molecule has 1 fully saturated rings. The molecule has 1 aliphatic carbocycles. The summed E-state index contributed by atoms with van der Waals surface area (Å²) in [5.74, 6) is 0.595. The van der Waals surface area contributed by atoms with Gasteiger partial charge in [0.1, 0.15) is 0 Å². The number of carbonyl (C=O) groups is 1. The molecule has 0 spiro atoms. The minimum atomic E-state index is -0.312. The van der Waals surface area contributed by atoms with E-state index in [1.165, 1.54) is 19.4 Å². The van der Waals surface area contributed by atoms with Crippen LogP contribution in [0.25, 0.3) is 0 Å². The molecule has 0 N–H and O–H groups in total. The Balaban J connectivity index is 1.68. The largest absolute Gasteiger partial charge is 0.461 e. The molecule has 1 saturated carbocycles. The molecule has 0 radical (unpaired) electrons. The number of hydrogen-bond acceptors (Lipinski definition) is 4. The Kier molecular flexibility index (Phi) is 3.07. The highest BCUT2D eigenvalue weighted by atomic mass is 16.5. The second kappa shape index (κ2) is 4.72. The monoisotopic (exact) mass is 249 g/mol. The van der Waals surface area contributed by atoms with Crippen molar-refractivity contribution >= 4 is 5.97 Å². The highest BCUT2D eigenvalue weighted by Crippen LogP contribution is 2.30. The number of nitrogens with zero attached hydrogens (tertiary/aromatic N) is 3. The Bertz CT molecular complexity index is 451. The molecule has 1 aromatic rings. The van der Waals surface area contributed by atoms with Crippen LogP contribution in [0, 0.1) is 5.92 Å². The number of ether oxygens (including phenoxy) is 1. The number of aromatic nitrogens is 2. The molecule has 1 aliphatic heterocycles. The van der Waals surface area contributed by atoms with Gasteiger partial charge in [-0.15, -0.1) is 0 Å². The van der Waals surface area contributed by atoms with Crippen LogP contribution < -0.4 is 0 Å². The molecule has 1 aromatic heterocycles. The van der Waals surface area contributed by atoms with E-state index in [0.29, 0.717) is 12.3 Å². The van der Waals surface area contributed by atoms with E-state index in [2.05, 4.69) is 10.00 Å². The smallest absolute Gasteiger partial charge is 0.358 e. The SMILES string of the molecule is CCOC(=O)c1cc2n(n1)CCN(CC1CC1)C2. The molecule has 0 atom stereocenters. The van der Waals surface area contributed by atoms with Gasteiger partial charge in [-0.3, -0.25) is 9.58 Å². The van der Waals surface area contributed by atoms with Gasteiger partial charge in [-0.2, -0.15) is 5.10 Å². The summed E-state index contributed by atoms with van der Waals surface area (Å²) in [5.41, 5.74) is 1.57. The maximum Gasteiger partial charge on any atom is 0.358 e. The summed E-state index contributed by atoms with van der Waals surface area (Å²) in [6, 6.07) is 1.87. The summed E-state index contributed by atoms with van der Waals surface area (Å²) in [6.45, 7) is 6.22. The van der Waals surface area contributed by atoms with E-state index in [-0.39, 0.29) is 5.97 Å². The number of carbonyl (C=O) groups excluding carboxylic acids is 1. The third-order valence-electron chi connectivity index (χ3n) is 3.57. The number of fused-ring (bicyclic) bond motifs is 1. The average molecular weight is 249 g/mol. The van der Waals surface area contributed by atoms with E-state index in [1.807, 2.05) is 17.7 Å². The van der Waals surface area contributed by atoms with E-state index in [4.69, 9.17) is 4.74 Å². The second-order valence-electron chi connectivity index (χ2n) is 5.14. The molecule has 2 aliphatic rings. The summed E-state index contributed by atoms with van der Waals surface area (Å²) >= 11 is 0. The van der Waals surface area contributed by atoms with Gasteiger partial charge >= 0.3 is 5.97 Å². The normalized spacial score (nSPS) is 19.6. The van der Waals surface area contributed by atoms with Gasteiger partial charge in [0.2, 0.25) is 0 Å². The van der Waals surface area contributed by atoms with Crippen molar-refractivity contribution in [3.8, 4) is 0 Å². The zero-order valence-electron chi connectivity index (χ0n) is 10.8. The highest BCUT2D eigenvalue weighted by Gasteiger charge is 2.27. The molecule has 0 unspecified atom stereocenters. The minimum absolute atomic E-state index is 0.312. The van der Waals surface area contributed by atoms with Crippen LogP contribution in [-0.2, 0) is 17.8 Å². The molecule has 5 nitrogen and oxygen atoms in total. The van der Waals surface area contributed by atoms with Crippen molar-refractivity contribution in [2.24, 2.45) is 5.92 Å². The lowest BCUT2D eigenvalue weighted by molar-refractivity contribution is 0.0518. The fourth-order valence-corrected chi connectivity index (χ4v) is 2.45. The summed E-state index contributed by atoms with van der Waals surface area (Å²) in [5, 5.41) is 4.31. The minimum Gasteiger partial charge on any atom is -0.461 e. The fraction of sp³-hybridized carbons (Fsp3) is 0.692. The van der Waals surface area contributed by atoms with Crippen LogP contribution in [-0.4, -0.2) is 40.3 Å². The first kappa shape index (κ1) is 11.7. The van der Waals surface area contributed by atoms with Gasteiger partial charge in [-0.05, 0) is 31.7 Å². The summed E-state index contributed by atoms with van der Waals surface area (Å²) in [6.07, 6.45) is 2.76. The van der Waals surface area contributed by atoms with Gasteiger partial charge in [0.15, 0.2) is 5.69 Å². The lowest BCUT2D eigenvalue weighted by Gasteiger charge is -2.27. The molecule has 0 amide bonds. The van der Waals surface area contributed by atoms with Gasteiger partial charge in [-0.25, -0.2) is 4.79 Å². The summed E-state index contributed by atoms with van der Waals surface area (Å²) in [7, 11) is 0. The van der Waals surface area contributed by atoms with Crippen molar-refractivity contribution in [2.45, 2.75) is 32.9 Å². The molecule has 0 bridgehead atoms. The summed E-state index contributed by atoms with van der Waals surface area (Å²) in [4.78, 5) is 14.1. The summed E-state index contributed by atoms with van der Waals surface area (Å²) < 4.78 is 6.92. The van der Waals surface area contributed by atoms with Crippen LogP contribution in [0.3, 0.4) is 0 Å². The maximum atomic E-state index is 11.6. The Morgan fingerprint density at radius 2 is 2.33 bits per heavy atom. The Morgan fingerprint density at radius 1 is 1.50 bits per heavy atom. The molecular formula is C13H19N3O2. The van der Waals surface area contributed by atoms with Crippen molar-refractivity contribution in [3.05, 3.63) is 17.5 Å². The molecule has 18 heavy (non-hydrogen) atoms. The third-order valence-corrected chi connectivity index (χ3v) is 3.57. The molecule has 2 heterocycles. The van der Waals surface area contributed by atoms with Gasteiger partial charge in [0.05, 0.1) is 18.8 Å². The van der Waals surface area contributed by atoms with E-state index in [9.17, 15) is 4.79 Å². The molecule has 3 rings (SSSR count). The van der Waals surface area contributed by atoms with Crippen molar-refractivity contribution in [1.82, 2.24) is 14.7 Å². The van der Waals surface area contributed by atoms with Gasteiger partial charge in [0.25, 0.3) is 0 Å². The van der Waals surface area contributed by atoms with Gasteiger partial charge in [0, 0.05) is 19.6 Å². The van der Waals surface area contributed by atoms with Crippen LogP contribution in [0.5, 0.6) is 0 Å². The molecule has 98 valence electrons. The van der Waals surface area contributed by atoms with Crippen LogP contribution in [0.2, 0.25) is 0 Å². The predicted octanol–water partition coefficient (Wildman–Crippen LogP) is 1.29. The predicted molar refractivity (Wildman–Crippen MR) is 66.2 cm³/mol. The third kappa shape index (κ3) is 2.41. The quantitative estimate of drug-likeness (QED) is 0.754. The lowest BCUT2D eigenvalue weighted by atomic mass is 10.2. The Hall–Kier alpha value is -1.36. The number of esters is 1. The first-order valence-electron chi connectivity index (χ1n) is 6.72. The van der Waals surface area contributed by atoms with Crippen LogP contribution in [0.15, 0.2) is 6.07 Å². The van der Waals surface area contributed by atoms with Gasteiger partial charge in [-0.1, -0.05) is 0 Å². The number of rotatable bonds is 4. The van der Waals surface area contributed by atoms with Crippen LogP contribution >= 0.6 is 0 Å². The number of hydrogen-bond donors (Lipinski definition) is 0. The van der Waals surface area contributed by atoms with Crippen LogP contribution in [0.1, 0.15) is 35.9 Å². The lowest BCUT2D eigenvalue weighted by Crippen LogP contribution is -2.35. The second-order valence-corrected chi connectivity index (χ2v) is 5.14. The standard InChI is InChI=1S/C13H19N3O2/c1-2-18-13(17)12-7-11-9-15(8-10-3-4-10)5-6-16(11)14-12/h7,10H,2-6,8-9H2,1H3. The van der Waals surface area contributed by atoms with E-state index >= 15 is 0 Å².